The molecular formula is C6H5ClHgO3S. The Morgan fingerprint density at radius 1 is 1.33 bits per heavy atom. The summed E-state index contributed by atoms with van der Waals surface area (Å²) in [5, 5.41) is 0.278. The SMILES string of the molecule is O=S(=O)(O)c1cccc(Cl)c1.[Hg]. The second-order valence-electron chi connectivity index (χ2n) is 1.93. The van der Waals surface area contributed by atoms with Crippen molar-refractivity contribution in [3.63, 3.8) is 0 Å². The molecule has 0 atom stereocenters. The van der Waals surface area contributed by atoms with E-state index in [9.17, 15) is 8.42 Å². The Labute approximate surface area is 96.0 Å². The molecule has 0 aliphatic heterocycles. The van der Waals surface area contributed by atoms with Gasteiger partial charge in [0, 0.05) is 32.7 Å². The van der Waals surface area contributed by atoms with Crippen LogP contribution in [0.15, 0.2) is 29.2 Å². The van der Waals surface area contributed by atoms with E-state index in [-0.39, 0.29) is 37.6 Å². The molecule has 0 unspecified atom stereocenters. The molecule has 0 radical (unpaired) electrons. The molecule has 1 N–H and O–H groups in total. The zero-order valence-corrected chi connectivity index (χ0v) is 13.1. The van der Waals surface area contributed by atoms with Crippen LogP contribution in [-0.2, 0) is 37.8 Å². The van der Waals surface area contributed by atoms with Crippen LogP contribution in [0.2, 0.25) is 5.02 Å². The zero-order chi connectivity index (χ0) is 8.48. The summed E-state index contributed by atoms with van der Waals surface area (Å²) in [6.45, 7) is 0. The minimum Gasteiger partial charge on any atom is -0.282 e. The number of hydrogen-bond donors (Lipinski definition) is 1. The molecule has 12 heavy (non-hydrogen) atoms. The molecule has 1 rings (SSSR count). The van der Waals surface area contributed by atoms with Crippen molar-refractivity contribution in [2.45, 2.75) is 4.90 Å². The van der Waals surface area contributed by atoms with Crippen molar-refractivity contribution in [3.8, 4) is 0 Å². The molecule has 0 amide bonds. The van der Waals surface area contributed by atoms with Gasteiger partial charge in [-0.25, -0.2) is 0 Å². The van der Waals surface area contributed by atoms with Gasteiger partial charge in [0.05, 0.1) is 4.90 Å². The quantitative estimate of drug-likeness (QED) is 0.583. The molecule has 3 nitrogen and oxygen atoms in total. The molecule has 0 spiro atoms. The molecule has 0 aliphatic rings. The predicted octanol–water partition coefficient (Wildman–Crippen LogP) is 1.58. The van der Waals surface area contributed by atoms with Crippen LogP contribution >= 0.6 is 11.6 Å². The minimum absolute atomic E-state index is 0. The van der Waals surface area contributed by atoms with Crippen LogP contribution in [0.4, 0.5) is 0 Å². The molecule has 0 heterocycles. The summed E-state index contributed by atoms with van der Waals surface area (Å²) in [5.41, 5.74) is 0. The van der Waals surface area contributed by atoms with Gasteiger partial charge in [-0.3, -0.25) is 4.55 Å². The Bertz CT molecular complexity index is 363. The first-order valence-electron chi connectivity index (χ1n) is 2.73. The molecule has 6 heteroatoms. The Hall–Kier alpha value is 0.355. The van der Waals surface area contributed by atoms with E-state index >= 15 is 0 Å². The Kier molecular flexibility index (Phi) is 4.69. The van der Waals surface area contributed by atoms with Gasteiger partial charge in [0.15, 0.2) is 0 Å². The van der Waals surface area contributed by atoms with E-state index in [4.69, 9.17) is 16.2 Å². The van der Waals surface area contributed by atoms with Crippen molar-refractivity contribution in [1.82, 2.24) is 0 Å². The van der Waals surface area contributed by atoms with Gasteiger partial charge in [-0.1, -0.05) is 17.7 Å². The monoisotopic (exact) mass is 394 g/mol. The van der Waals surface area contributed by atoms with Crippen molar-refractivity contribution >= 4 is 21.7 Å². The summed E-state index contributed by atoms with van der Waals surface area (Å²) in [5.74, 6) is 0. The van der Waals surface area contributed by atoms with Crippen molar-refractivity contribution in [2.24, 2.45) is 0 Å². The summed E-state index contributed by atoms with van der Waals surface area (Å²) in [6, 6.07) is 5.42. The van der Waals surface area contributed by atoms with Crippen LogP contribution in [0.5, 0.6) is 0 Å². The summed E-state index contributed by atoms with van der Waals surface area (Å²) in [6.07, 6.45) is 0. The molecule has 0 saturated heterocycles. The minimum atomic E-state index is -4.11. The predicted molar refractivity (Wildman–Crippen MR) is 41.3 cm³/mol. The summed E-state index contributed by atoms with van der Waals surface area (Å²) < 4.78 is 29.5. The van der Waals surface area contributed by atoms with Crippen LogP contribution in [0.1, 0.15) is 0 Å². The van der Waals surface area contributed by atoms with E-state index in [1.165, 1.54) is 24.3 Å². The third-order valence-electron chi connectivity index (χ3n) is 1.09. The Balaban J connectivity index is 0.00000121. The number of rotatable bonds is 1. The third kappa shape index (κ3) is 3.39. The number of halogens is 1. The average Bonchev–Trinajstić information content (AvgIpc) is 1.86. The van der Waals surface area contributed by atoms with Crippen LogP contribution in [0, 0.1) is 0 Å². The van der Waals surface area contributed by atoms with Gasteiger partial charge in [0.25, 0.3) is 10.1 Å². The molecule has 0 aliphatic carbocycles. The molecule has 0 saturated carbocycles. The van der Waals surface area contributed by atoms with Crippen molar-refractivity contribution < 1.29 is 40.6 Å². The zero-order valence-electron chi connectivity index (χ0n) is 6.07. The molecule has 1 aromatic rings. The molecular weight excluding hydrogens is 388 g/mol. The second kappa shape index (κ2) is 4.55. The van der Waals surface area contributed by atoms with Crippen LogP contribution in [0.3, 0.4) is 0 Å². The fourth-order valence-corrected chi connectivity index (χ4v) is 1.41. The molecule has 0 bridgehead atoms. The van der Waals surface area contributed by atoms with Crippen molar-refractivity contribution in [2.75, 3.05) is 0 Å². The van der Waals surface area contributed by atoms with Gasteiger partial charge in [0.2, 0.25) is 0 Å². The standard InChI is InChI=1S/C6H5ClO3S.Hg/c7-5-2-1-3-6(4-5)11(8,9)10;/h1-4H,(H,8,9,10);. The maximum absolute atomic E-state index is 10.5. The van der Waals surface area contributed by atoms with Gasteiger partial charge in [0.1, 0.15) is 0 Å². The smallest absolute Gasteiger partial charge is 0.282 e. The van der Waals surface area contributed by atoms with E-state index < -0.39 is 10.1 Å². The molecule has 0 fully saturated rings. The molecule has 62 valence electrons. The van der Waals surface area contributed by atoms with Crippen LogP contribution in [0.25, 0.3) is 0 Å². The van der Waals surface area contributed by atoms with Gasteiger partial charge in [-0.05, 0) is 18.2 Å². The average molecular weight is 393 g/mol. The first kappa shape index (κ1) is 12.4. The van der Waals surface area contributed by atoms with Crippen molar-refractivity contribution in [3.05, 3.63) is 29.3 Å². The first-order valence-corrected chi connectivity index (χ1v) is 4.55. The largest absolute Gasteiger partial charge is 0.294 e. The summed E-state index contributed by atoms with van der Waals surface area (Å²) in [7, 11) is -4.11. The fourth-order valence-electron chi connectivity index (χ4n) is 0.627. The molecule has 1 aromatic carbocycles. The third-order valence-corrected chi connectivity index (χ3v) is 2.18. The van der Waals surface area contributed by atoms with Gasteiger partial charge in [-0.2, -0.15) is 8.42 Å². The Morgan fingerprint density at radius 3 is 2.25 bits per heavy atom. The van der Waals surface area contributed by atoms with E-state index in [2.05, 4.69) is 0 Å². The van der Waals surface area contributed by atoms with E-state index in [0.717, 1.165) is 0 Å². The van der Waals surface area contributed by atoms with E-state index in [1.54, 1.807) is 0 Å². The maximum Gasteiger partial charge on any atom is 0.294 e. The number of hydrogen-bond acceptors (Lipinski definition) is 2. The van der Waals surface area contributed by atoms with Crippen molar-refractivity contribution in [1.29, 1.82) is 0 Å². The maximum atomic E-state index is 10.5. The normalized spacial score (nSPS) is 10.5. The van der Waals surface area contributed by atoms with Crippen LogP contribution in [-0.4, -0.2) is 13.0 Å². The fraction of sp³-hybridized carbons (Fsp3) is 0. The Morgan fingerprint density at radius 2 is 1.92 bits per heavy atom. The second-order valence-corrected chi connectivity index (χ2v) is 3.79. The van der Waals surface area contributed by atoms with Gasteiger partial charge in [-0.15, -0.1) is 0 Å². The van der Waals surface area contributed by atoms with E-state index in [0.29, 0.717) is 0 Å². The van der Waals surface area contributed by atoms with Gasteiger partial charge < -0.3 is 0 Å². The topological polar surface area (TPSA) is 54.4 Å². The summed E-state index contributed by atoms with van der Waals surface area (Å²) in [4.78, 5) is -0.190. The van der Waals surface area contributed by atoms with E-state index in [1.807, 2.05) is 0 Å². The number of benzene rings is 1. The summed E-state index contributed by atoms with van der Waals surface area (Å²) >= 11 is 5.48. The first-order chi connectivity index (χ1) is 5.00. The van der Waals surface area contributed by atoms with Crippen LogP contribution < -0.4 is 0 Å². The molecule has 0 aromatic heterocycles. The van der Waals surface area contributed by atoms with Gasteiger partial charge >= 0.3 is 0 Å².